The molecule has 1 aliphatic rings. The predicted octanol–water partition coefficient (Wildman–Crippen LogP) is 3.12. The Hall–Kier alpha value is -2.55. The fourth-order valence-corrected chi connectivity index (χ4v) is 4.32. The molecule has 3 aromatic heterocycles. The quantitative estimate of drug-likeness (QED) is 0.739. The third-order valence-electron chi connectivity index (χ3n) is 5.13. The molecule has 1 aliphatic heterocycles. The van der Waals surface area contributed by atoms with E-state index < -0.39 is 0 Å². The molecular formula is C18H22N6O2S. The Morgan fingerprint density at radius 1 is 1.44 bits per heavy atom. The zero-order valence-electron chi connectivity index (χ0n) is 15.7. The fraction of sp³-hybridized carbons (Fsp3) is 0.500. The van der Waals surface area contributed by atoms with Crippen molar-refractivity contribution in [2.75, 3.05) is 13.1 Å². The van der Waals surface area contributed by atoms with Gasteiger partial charge >= 0.3 is 0 Å². The van der Waals surface area contributed by atoms with Crippen molar-refractivity contribution in [1.82, 2.24) is 29.8 Å². The Morgan fingerprint density at radius 3 is 3.00 bits per heavy atom. The number of hydrogen-bond donors (Lipinski definition) is 1. The first-order chi connectivity index (χ1) is 13.1. The normalized spacial score (nSPS) is 17.4. The molecule has 0 spiro atoms. The number of nitrogens with zero attached hydrogens (tertiary/aromatic N) is 5. The summed E-state index contributed by atoms with van der Waals surface area (Å²) in [6, 6.07) is 1.89. The summed E-state index contributed by atoms with van der Waals surface area (Å²) in [4.78, 5) is 15.8. The van der Waals surface area contributed by atoms with Crippen LogP contribution < -0.4 is 0 Å². The highest BCUT2D eigenvalue weighted by Gasteiger charge is 2.31. The van der Waals surface area contributed by atoms with Gasteiger partial charge in [0.15, 0.2) is 11.5 Å². The number of hydrogen-bond acceptors (Lipinski definition) is 7. The molecule has 4 heterocycles. The molecule has 1 amide bonds. The van der Waals surface area contributed by atoms with E-state index in [1.165, 1.54) is 11.5 Å². The lowest BCUT2D eigenvalue weighted by Crippen LogP contribution is -2.39. The van der Waals surface area contributed by atoms with E-state index in [-0.39, 0.29) is 11.8 Å². The maximum atomic E-state index is 13.0. The topological polar surface area (TPSA) is 101 Å². The molecule has 9 heteroatoms. The SMILES string of the molecule is CCc1[nH]nc(C(=O)N2CCCC(c3nnsc3-c3cc(C)no3)C2)c1C. The largest absolute Gasteiger partial charge is 0.355 e. The Morgan fingerprint density at radius 2 is 2.30 bits per heavy atom. The third kappa shape index (κ3) is 3.27. The van der Waals surface area contributed by atoms with Gasteiger partial charge in [-0.05, 0) is 44.6 Å². The van der Waals surface area contributed by atoms with Gasteiger partial charge in [0.1, 0.15) is 4.88 Å². The van der Waals surface area contributed by atoms with E-state index in [4.69, 9.17) is 4.52 Å². The smallest absolute Gasteiger partial charge is 0.274 e. The summed E-state index contributed by atoms with van der Waals surface area (Å²) in [5.41, 5.74) is 4.19. The summed E-state index contributed by atoms with van der Waals surface area (Å²) in [5.74, 6) is 0.803. The van der Waals surface area contributed by atoms with Crippen LogP contribution in [0.1, 0.15) is 58.8 Å². The highest BCUT2D eigenvalue weighted by atomic mass is 32.1. The average Bonchev–Trinajstić information content (AvgIpc) is 3.40. The second-order valence-electron chi connectivity index (χ2n) is 6.94. The van der Waals surface area contributed by atoms with E-state index in [1.807, 2.05) is 31.7 Å². The molecule has 142 valence electrons. The number of aromatic amines is 1. The van der Waals surface area contributed by atoms with Crippen LogP contribution in [-0.2, 0) is 6.42 Å². The average molecular weight is 386 g/mol. The minimum absolute atomic E-state index is 0.0200. The maximum Gasteiger partial charge on any atom is 0.274 e. The van der Waals surface area contributed by atoms with Crippen LogP contribution >= 0.6 is 11.5 Å². The van der Waals surface area contributed by atoms with Crippen LogP contribution in [0.15, 0.2) is 10.6 Å². The summed E-state index contributed by atoms with van der Waals surface area (Å²) in [6.07, 6.45) is 2.72. The monoisotopic (exact) mass is 386 g/mol. The Kier molecular flexibility index (Phi) is 4.77. The van der Waals surface area contributed by atoms with Crippen molar-refractivity contribution < 1.29 is 9.32 Å². The number of carbonyl (C=O) groups is 1. The van der Waals surface area contributed by atoms with Crippen molar-refractivity contribution in [2.45, 2.75) is 46.0 Å². The standard InChI is InChI=1S/C18H22N6O2S/c1-4-13-11(3)15(20-19-13)18(25)24-7-5-6-12(9-24)16-17(27-23-21-16)14-8-10(2)22-26-14/h8,12H,4-7,9H2,1-3H3,(H,19,20). The van der Waals surface area contributed by atoms with Crippen molar-refractivity contribution >= 4 is 17.4 Å². The van der Waals surface area contributed by atoms with Crippen molar-refractivity contribution in [3.8, 4) is 10.6 Å². The van der Waals surface area contributed by atoms with Gasteiger partial charge in [0.25, 0.3) is 5.91 Å². The number of H-pyrrole nitrogens is 1. The molecule has 1 saturated heterocycles. The number of rotatable bonds is 4. The number of piperidine rings is 1. The first-order valence-electron chi connectivity index (χ1n) is 9.17. The molecule has 0 bridgehead atoms. The van der Waals surface area contributed by atoms with Gasteiger partial charge in [0.05, 0.1) is 11.4 Å². The zero-order valence-corrected chi connectivity index (χ0v) is 16.5. The zero-order chi connectivity index (χ0) is 19.0. The molecular weight excluding hydrogens is 364 g/mol. The minimum Gasteiger partial charge on any atom is -0.355 e. The molecule has 3 aromatic rings. The molecule has 4 rings (SSSR count). The van der Waals surface area contributed by atoms with Gasteiger partial charge < -0.3 is 9.42 Å². The summed E-state index contributed by atoms with van der Waals surface area (Å²) in [5, 5.41) is 15.5. The van der Waals surface area contributed by atoms with Crippen molar-refractivity contribution in [1.29, 1.82) is 0 Å². The molecule has 1 N–H and O–H groups in total. The van der Waals surface area contributed by atoms with Crippen molar-refractivity contribution in [3.63, 3.8) is 0 Å². The summed E-state index contributed by atoms with van der Waals surface area (Å²) in [6.45, 7) is 7.23. The van der Waals surface area contributed by atoms with E-state index in [9.17, 15) is 4.79 Å². The number of aromatic nitrogens is 5. The van der Waals surface area contributed by atoms with Crippen LogP contribution in [0.25, 0.3) is 10.6 Å². The van der Waals surface area contributed by atoms with E-state index in [0.717, 1.165) is 53.3 Å². The molecule has 0 radical (unpaired) electrons. The summed E-state index contributed by atoms with van der Waals surface area (Å²) in [7, 11) is 0. The van der Waals surface area contributed by atoms with E-state index in [0.29, 0.717) is 18.0 Å². The molecule has 1 unspecified atom stereocenters. The summed E-state index contributed by atoms with van der Waals surface area (Å²) >= 11 is 1.31. The van der Waals surface area contributed by atoms with Crippen LogP contribution in [0.4, 0.5) is 0 Å². The molecule has 1 fully saturated rings. The number of aryl methyl sites for hydroxylation is 2. The Labute approximate surface area is 161 Å². The van der Waals surface area contributed by atoms with E-state index >= 15 is 0 Å². The lowest BCUT2D eigenvalue weighted by molar-refractivity contribution is 0.0699. The fourth-order valence-electron chi connectivity index (χ4n) is 3.63. The molecule has 27 heavy (non-hydrogen) atoms. The number of amides is 1. The van der Waals surface area contributed by atoms with Gasteiger partial charge in [-0.1, -0.05) is 16.6 Å². The number of carbonyl (C=O) groups excluding carboxylic acids is 1. The van der Waals surface area contributed by atoms with Gasteiger partial charge in [-0.15, -0.1) is 5.10 Å². The highest BCUT2D eigenvalue weighted by Crippen LogP contribution is 2.35. The van der Waals surface area contributed by atoms with Gasteiger partial charge in [0.2, 0.25) is 0 Å². The highest BCUT2D eigenvalue weighted by molar-refractivity contribution is 7.09. The molecule has 0 saturated carbocycles. The second-order valence-corrected chi connectivity index (χ2v) is 7.69. The van der Waals surface area contributed by atoms with Gasteiger partial charge in [-0.25, -0.2) is 0 Å². The van der Waals surface area contributed by atoms with E-state index in [1.54, 1.807) is 0 Å². The van der Waals surface area contributed by atoms with Crippen LogP contribution in [0.3, 0.4) is 0 Å². The molecule has 0 aromatic carbocycles. The second kappa shape index (κ2) is 7.22. The van der Waals surface area contributed by atoms with E-state index in [2.05, 4.69) is 24.9 Å². The van der Waals surface area contributed by atoms with Gasteiger partial charge in [-0.2, -0.15) is 5.10 Å². The van der Waals surface area contributed by atoms with Crippen LogP contribution in [0, 0.1) is 13.8 Å². The van der Waals surface area contributed by atoms with Crippen LogP contribution in [0.5, 0.6) is 0 Å². The van der Waals surface area contributed by atoms with Gasteiger partial charge in [-0.3, -0.25) is 9.89 Å². The first-order valence-corrected chi connectivity index (χ1v) is 9.94. The molecule has 1 atom stereocenters. The maximum absolute atomic E-state index is 13.0. The molecule has 0 aliphatic carbocycles. The van der Waals surface area contributed by atoms with Crippen molar-refractivity contribution in [2.24, 2.45) is 0 Å². The number of nitrogens with one attached hydrogen (secondary N) is 1. The summed E-state index contributed by atoms with van der Waals surface area (Å²) < 4.78 is 9.52. The van der Waals surface area contributed by atoms with Gasteiger partial charge in [0, 0.05) is 36.3 Å². The first kappa shape index (κ1) is 17.8. The Bertz CT molecular complexity index is 959. The lowest BCUT2D eigenvalue weighted by atomic mass is 9.93. The third-order valence-corrected chi connectivity index (χ3v) is 5.88. The predicted molar refractivity (Wildman–Crippen MR) is 101 cm³/mol. The lowest BCUT2D eigenvalue weighted by Gasteiger charge is -2.31. The van der Waals surface area contributed by atoms with Crippen LogP contribution in [0.2, 0.25) is 0 Å². The minimum atomic E-state index is -0.0200. The number of likely N-dealkylation sites (tertiary alicyclic amines) is 1. The molecule has 8 nitrogen and oxygen atoms in total. The van der Waals surface area contributed by atoms with Crippen LogP contribution in [-0.4, -0.2) is 48.8 Å². The van der Waals surface area contributed by atoms with Crippen molar-refractivity contribution in [3.05, 3.63) is 34.4 Å². The Balaban J connectivity index is 1.56.